The first kappa shape index (κ1) is 122. The van der Waals surface area contributed by atoms with E-state index in [4.69, 9.17) is 21.4 Å². The molecule has 0 aliphatic carbocycles. The number of carbonyl (C=O) groups excluding carboxylic acids is 2. The quantitative estimate of drug-likeness (QED) is 0.468. The first-order valence-electron chi connectivity index (χ1n) is 0.695. The fourth-order valence-corrected chi connectivity index (χ4v) is 0. The van der Waals surface area contributed by atoms with E-state index in [2.05, 4.69) is 13.6 Å². The van der Waals surface area contributed by atoms with Crippen LogP contribution in [0.15, 0.2) is 0 Å². The molecule has 0 aliphatic rings. The van der Waals surface area contributed by atoms with Gasteiger partial charge >= 0.3 is 0 Å². The Bertz CT molecular complexity index is 37.0. The third kappa shape index (κ3) is 468000000. The van der Waals surface area contributed by atoms with Crippen molar-refractivity contribution in [1.29, 1.82) is 5.26 Å². The summed E-state index contributed by atoms with van der Waals surface area (Å²) in [6.45, 7) is 11.2. The molecule has 0 fully saturated rings. The maximum Gasteiger partial charge on any atom is 0 e. The van der Waals surface area contributed by atoms with Crippen LogP contribution in [0.4, 0.5) is 0 Å². The van der Waals surface area contributed by atoms with Crippen LogP contribution in [0.25, 0.3) is 0 Å². The van der Waals surface area contributed by atoms with E-state index in [0.29, 0.717) is 0 Å². The van der Waals surface area contributed by atoms with Crippen molar-refractivity contribution in [2.24, 2.45) is 0 Å². The van der Waals surface area contributed by atoms with Gasteiger partial charge in [-0.25, -0.2) is 0 Å². The number of rotatable bonds is 0. The molecule has 0 unspecified atom stereocenters. The Morgan fingerprint density at radius 3 is 0.818 bits per heavy atom. The molecule has 0 bridgehead atoms. The first-order chi connectivity index (χ1) is 3.00. The fraction of sp³-hybridized carbons (Fsp3) is 0. The normalized spacial score (nSPS) is 0.909. The number of nitrogens with zero attached hydrogens (tertiary/aromatic N) is 1. The third-order valence-electron chi connectivity index (χ3n) is 0. The summed E-state index contributed by atoms with van der Waals surface area (Å²) in [7, 11) is 0. The number of hydrogen-bond donors (Lipinski definition) is 0. The van der Waals surface area contributed by atoms with Crippen LogP contribution >= 0.6 is 0 Å². The van der Waals surface area contributed by atoms with E-state index in [1.807, 2.05) is 0 Å². The van der Waals surface area contributed by atoms with Gasteiger partial charge in [-0.15, -0.1) is 0 Å². The zero-order chi connectivity index (χ0) is 6.00. The molecule has 0 aromatic heterocycles. The van der Waals surface area contributed by atoms with Crippen LogP contribution < -0.4 is 0 Å². The van der Waals surface area contributed by atoms with Crippen LogP contribution in [0.5, 0.6) is 0 Å². The van der Waals surface area contributed by atoms with Gasteiger partial charge in [-0.05, 0) is 0 Å². The molecule has 0 heterocycles. The Morgan fingerprint density at radius 1 is 0.818 bits per heavy atom. The molecule has 74 valence electrons. The largest absolute Gasteiger partial charge is 0.545 e. The predicted molar refractivity (Wildman–Crippen MR) is 37.7 cm³/mol. The second-order valence-electron chi connectivity index (χ2n) is 0. The van der Waals surface area contributed by atoms with E-state index >= 15 is 0 Å². The van der Waals surface area contributed by atoms with Crippen molar-refractivity contribution in [2.45, 2.75) is 0 Å². The molecule has 3 nitrogen and oxygen atoms in total. The van der Waals surface area contributed by atoms with Crippen LogP contribution in [-0.4, -0.2) is 13.6 Å². The summed E-state index contributed by atoms with van der Waals surface area (Å²) < 4.78 is 0. The second-order valence-corrected chi connectivity index (χ2v) is 0. The molecule has 0 aromatic carbocycles. The van der Waals surface area contributed by atoms with Gasteiger partial charge in [-0.3, -0.25) is 13.6 Å². The number of hydrogen-bond acceptors (Lipinski definition) is 3. The summed E-state index contributed by atoms with van der Waals surface area (Å²) in [5.74, 6) is 0. The summed E-state index contributed by atoms with van der Waals surface area (Å²) in [5, 5.41) is 6.25. The molecule has 2 radical (unpaired) electrons. The SMILES string of the molecule is [C-]#N.[CH-]=O.[CH-]=O.[CH3-].[CH3-].[CH3-].[Co].[Re]. The molecule has 0 aliphatic heterocycles. The molecule has 0 N–H and O–H groups in total. The summed E-state index contributed by atoms with van der Waals surface area (Å²) in [4.78, 5) is 15.5. The average molecular weight is 374 g/mol. The van der Waals surface area contributed by atoms with Gasteiger partial charge < -0.3 is 43.7 Å². The Hall–Kier alpha value is -0.00117. The topological polar surface area (TPSA) is 57.9 Å². The van der Waals surface area contributed by atoms with Gasteiger partial charge in [0, 0.05) is 37.2 Å². The standard InChI is InChI=1S/CN.2CHO.3CH3.Co.Re/c3*1-2;;;;;/h;2*1H;3*1H3;;/q6*-1;;. The summed E-state index contributed by atoms with van der Waals surface area (Å²) >= 11 is 0. The molecule has 0 spiro atoms. The fourth-order valence-electron chi connectivity index (χ4n) is 0. The molecular formula is C6H11CoNO2Re-6. The van der Waals surface area contributed by atoms with Crippen LogP contribution in [0.3, 0.4) is 0 Å². The second kappa shape index (κ2) is 593000000. The Balaban J connectivity index is -0.00000000167. The van der Waals surface area contributed by atoms with Gasteiger partial charge in [0.2, 0.25) is 0 Å². The van der Waals surface area contributed by atoms with E-state index in [1.165, 1.54) is 0 Å². The van der Waals surface area contributed by atoms with Crippen molar-refractivity contribution in [2.75, 3.05) is 0 Å². The minimum absolute atomic E-state index is 0. The Morgan fingerprint density at radius 2 is 0.818 bits per heavy atom. The van der Waals surface area contributed by atoms with Crippen LogP contribution in [0.1, 0.15) is 0 Å². The van der Waals surface area contributed by atoms with Crippen LogP contribution in [0, 0.1) is 34.1 Å². The van der Waals surface area contributed by atoms with Gasteiger partial charge in [0.1, 0.15) is 0 Å². The molecule has 0 aromatic rings. The minimum atomic E-state index is 0. The van der Waals surface area contributed by atoms with Crippen LogP contribution in [-0.2, 0) is 46.8 Å². The Kier molecular flexibility index (Phi) is 6590000000. The van der Waals surface area contributed by atoms with Crippen molar-refractivity contribution in [3.8, 4) is 0 Å². The van der Waals surface area contributed by atoms with E-state index in [1.54, 1.807) is 0 Å². The maximum absolute atomic E-state index is 7.75. The van der Waals surface area contributed by atoms with Crippen molar-refractivity contribution in [3.63, 3.8) is 0 Å². The predicted octanol–water partition coefficient (Wildman–Crippen LogP) is 0.894. The first-order valence-corrected chi connectivity index (χ1v) is 0.695. The molecule has 0 atom stereocenters. The van der Waals surface area contributed by atoms with Crippen LogP contribution in [0.2, 0.25) is 0 Å². The summed E-state index contributed by atoms with van der Waals surface area (Å²) in [5.41, 5.74) is 0. The third-order valence-corrected chi connectivity index (χ3v) is 0. The molecule has 11 heavy (non-hydrogen) atoms. The molecular weight excluding hydrogens is 363 g/mol. The molecule has 0 amide bonds. The average Bonchev–Trinajstić information content (AvgIpc) is 1.81. The van der Waals surface area contributed by atoms with E-state index in [0.717, 1.165) is 0 Å². The summed E-state index contributed by atoms with van der Waals surface area (Å²) in [6.07, 6.45) is 0. The Labute approximate surface area is 94.4 Å². The zero-order valence-corrected chi connectivity index (χ0v) is 10.4. The summed E-state index contributed by atoms with van der Waals surface area (Å²) in [6, 6.07) is 0. The molecule has 0 rings (SSSR count). The molecule has 0 saturated heterocycles. The monoisotopic (exact) mass is 375 g/mol. The smallest absolute Gasteiger partial charge is 0 e. The zero-order valence-electron chi connectivity index (χ0n) is 6.63. The van der Waals surface area contributed by atoms with Gasteiger partial charge in [0.15, 0.2) is 0 Å². The minimum Gasteiger partial charge on any atom is -0.545 e. The van der Waals surface area contributed by atoms with Crippen molar-refractivity contribution in [3.05, 3.63) is 28.9 Å². The molecule has 0 saturated carbocycles. The molecule has 5 heteroatoms. The van der Waals surface area contributed by atoms with Gasteiger partial charge in [-0.2, -0.15) is 0 Å². The van der Waals surface area contributed by atoms with Gasteiger partial charge in [0.25, 0.3) is 0 Å². The van der Waals surface area contributed by atoms with E-state index < -0.39 is 0 Å². The van der Waals surface area contributed by atoms with Crippen molar-refractivity contribution < 1.29 is 46.8 Å². The van der Waals surface area contributed by atoms with Gasteiger partial charge in [0.05, 0.1) is 0 Å². The van der Waals surface area contributed by atoms with E-state index in [-0.39, 0.29) is 59.5 Å². The van der Waals surface area contributed by atoms with Gasteiger partial charge in [-0.1, -0.05) is 0 Å². The maximum atomic E-state index is 7.75. The van der Waals surface area contributed by atoms with Crippen molar-refractivity contribution in [1.82, 2.24) is 0 Å². The van der Waals surface area contributed by atoms with E-state index in [9.17, 15) is 0 Å². The van der Waals surface area contributed by atoms with Crippen molar-refractivity contribution >= 4 is 13.6 Å².